The van der Waals surface area contributed by atoms with Crippen molar-refractivity contribution in [3.63, 3.8) is 0 Å². The quantitative estimate of drug-likeness (QED) is 0.689. The van der Waals surface area contributed by atoms with E-state index in [0.717, 1.165) is 0 Å². The van der Waals surface area contributed by atoms with Crippen molar-refractivity contribution in [3.8, 4) is 5.75 Å². The Balaban J connectivity index is 2.28. The Hall–Kier alpha value is -2.40. The van der Waals surface area contributed by atoms with Gasteiger partial charge in [0, 0.05) is 11.2 Å². The second-order valence-corrected chi connectivity index (χ2v) is 3.99. The molecular weight excluding hydrogens is 270 g/mol. The molecule has 0 saturated heterocycles. The molecule has 0 amide bonds. The van der Waals surface area contributed by atoms with Crippen LogP contribution in [-0.2, 0) is 0 Å². The van der Waals surface area contributed by atoms with Crippen molar-refractivity contribution in [1.82, 2.24) is 4.98 Å². The molecule has 1 N–H and O–H groups in total. The van der Waals surface area contributed by atoms with Gasteiger partial charge in [-0.05, 0) is 30.3 Å². The lowest BCUT2D eigenvalue weighted by Crippen LogP contribution is -2.15. The number of pyridine rings is 1. The fourth-order valence-electron chi connectivity index (χ4n) is 1.43. The summed E-state index contributed by atoms with van der Waals surface area (Å²) in [7, 11) is 0. The minimum absolute atomic E-state index is 0.213. The summed E-state index contributed by atoms with van der Waals surface area (Å²) in [6, 6.07) is 8.93. The summed E-state index contributed by atoms with van der Waals surface area (Å²) in [5, 5.41) is 9.36. The van der Waals surface area contributed by atoms with Crippen LogP contribution in [0.3, 0.4) is 0 Å². The van der Waals surface area contributed by atoms with Crippen molar-refractivity contribution < 1.29 is 19.4 Å². The number of carboxylic acid groups (broad SMARTS) is 1. The molecule has 2 rings (SSSR count). The first-order chi connectivity index (χ1) is 9.08. The van der Waals surface area contributed by atoms with Gasteiger partial charge in [0.15, 0.2) is 5.69 Å². The van der Waals surface area contributed by atoms with E-state index in [1.807, 2.05) is 0 Å². The van der Waals surface area contributed by atoms with E-state index in [1.54, 1.807) is 12.1 Å². The molecule has 6 heteroatoms. The van der Waals surface area contributed by atoms with Gasteiger partial charge < -0.3 is 9.84 Å². The summed E-state index contributed by atoms with van der Waals surface area (Å²) in [6.07, 6.45) is 1.32. The lowest BCUT2D eigenvalue weighted by atomic mass is 10.2. The minimum Gasteiger partial charge on any atom is -0.478 e. The number of hydrogen-bond acceptors (Lipinski definition) is 4. The van der Waals surface area contributed by atoms with Gasteiger partial charge in [-0.3, -0.25) is 0 Å². The lowest BCUT2D eigenvalue weighted by molar-refractivity contribution is 0.0664. The van der Waals surface area contributed by atoms with Crippen molar-refractivity contribution >= 4 is 23.5 Å². The van der Waals surface area contributed by atoms with Crippen LogP contribution in [0, 0.1) is 0 Å². The summed E-state index contributed by atoms with van der Waals surface area (Å²) >= 11 is 5.75. The molecule has 0 atom stereocenters. The Morgan fingerprint density at radius 1 is 1.21 bits per heavy atom. The first kappa shape index (κ1) is 13.0. The number of carboxylic acids is 1. The summed E-state index contributed by atoms with van der Waals surface area (Å²) in [6.45, 7) is 0. The predicted molar refractivity (Wildman–Crippen MR) is 67.6 cm³/mol. The molecule has 5 nitrogen and oxygen atoms in total. The SMILES string of the molecule is O=C(O)c1cccnc1C(=O)Oc1cccc(Cl)c1. The Labute approximate surface area is 113 Å². The first-order valence-corrected chi connectivity index (χ1v) is 5.62. The third kappa shape index (κ3) is 3.08. The molecule has 0 fully saturated rings. The topological polar surface area (TPSA) is 76.5 Å². The third-order valence-electron chi connectivity index (χ3n) is 2.24. The predicted octanol–water partition coefficient (Wildman–Crippen LogP) is 2.65. The van der Waals surface area contributed by atoms with Gasteiger partial charge in [0.25, 0.3) is 0 Å². The molecule has 1 aromatic heterocycles. The van der Waals surface area contributed by atoms with E-state index in [-0.39, 0.29) is 17.0 Å². The van der Waals surface area contributed by atoms with E-state index in [4.69, 9.17) is 21.4 Å². The highest BCUT2D eigenvalue weighted by atomic mass is 35.5. The molecule has 0 bridgehead atoms. The number of nitrogens with zero attached hydrogens (tertiary/aromatic N) is 1. The molecule has 0 aliphatic heterocycles. The summed E-state index contributed by atoms with van der Waals surface area (Å²) in [4.78, 5) is 26.6. The number of rotatable bonds is 3. The van der Waals surface area contributed by atoms with Gasteiger partial charge in [-0.15, -0.1) is 0 Å². The van der Waals surface area contributed by atoms with E-state index in [1.165, 1.54) is 30.5 Å². The van der Waals surface area contributed by atoms with E-state index in [9.17, 15) is 9.59 Å². The van der Waals surface area contributed by atoms with E-state index < -0.39 is 11.9 Å². The number of carbonyl (C=O) groups is 2. The van der Waals surface area contributed by atoms with Crippen molar-refractivity contribution in [2.24, 2.45) is 0 Å². The lowest BCUT2D eigenvalue weighted by Gasteiger charge is -2.05. The maximum absolute atomic E-state index is 11.9. The minimum atomic E-state index is -1.24. The van der Waals surface area contributed by atoms with E-state index in [2.05, 4.69) is 4.98 Å². The second-order valence-electron chi connectivity index (χ2n) is 3.55. The maximum atomic E-state index is 11.9. The van der Waals surface area contributed by atoms with Crippen LogP contribution >= 0.6 is 11.6 Å². The van der Waals surface area contributed by atoms with Crippen molar-refractivity contribution in [3.05, 3.63) is 58.9 Å². The number of ether oxygens (including phenoxy) is 1. The third-order valence-corrected chi connectivity index (χ3v) is 2.47. The number of aromatic carboxylic acids is 1. The van der Waals surface area contributed by atoms with Crippen LogP contribution in [0.25, 0.3) is 0 Å². The van der Waals surface area contributed by atoms with Gasteiger partial charge in [-0.2, -0.15) is 0 Å². The number of esters is 1. The zero-order valence-electron chi connectivity index (χ0n) is 9.54. The first-order valence-electron chi connectivity index (χ1n) is 5.24. The van der Waals surface area contributed by atoms with Gasteiger partial charge in [0.05, 0.1) is 5.56 Å². The maximum Gasteiger partial charge on any atom is 0.363 e. The number of benzene rings is 1. The average molecular weight is 278 g/mol. The van der Waals surface area contributed by atoms with Gasteiger partial charge in [-0.1, -0.05) is 17.7 Å². The molecular formula is C13H8ClNO4. The van der Waals surface area contributed by atoms with Crippen LogP contribution < -0.4 is 4.74 Å². The van der Waals surface area contributed by atoms with Crippen molar-refractivity contribution in [2.75, 3.05) is 0 Å². The van der Waals surface area contributed by atoms with Crippen molar-refractivity contribution in [2.45, 2.75) is 0 Å². The Kier molecular flexibility index (Phi) is 3.77. The Morgan fingerprint density at radius 2 is 2.00 bits per heavy atom. The highest BCUT2D eigenvalue weighted by Gasteiger charge is 2.19. The van der Waals surface area contributed by atoms with Crippen LogP contribution in [0.15, 0.2) is 42.6 Å². The summed E-state index contributed by atoms with van der Waals surface area (Å²) in [5.41, 5.74) is -0.468. The van der Waals surface area contributed by atoms with Gasteiger partial charge in [0.1, 0.15) is 5.75 Å². The molecule has 0 aliphatic rings. The molecule has 0 saturated carbocycles. The normalized spacial score (nSPS) is 9.95. The number of aromatic nitrogens is 1. The molecule has 0 unspecified atom stereocenters. The van der Waals surface area contributed by atoms with Crippen LogP contribution in [-0.4, -0.2) is 22.0 Å². The molecule has 19 heavy (non-hydrogen) atoms. The molecule has 2 aromatic rings. The number of carbonyl (C=O) groups excluding carboxylic acids is 1. The molecule has 1 heterocycles. The van der Waals surface area contributed by atoms with Crippen LogP contribution in [0.4, 0.5) is 0 Å². The van der Waals surface area contributed by atoms with Crippen LogP contribution in [0.2, 0.25) is 5.02 Å². The fourth-order valence-corrected chi connectivity index (χ4v) is 1.61. The molecule has 0 spiro atoms. The highest BCUT2D eigenvalue weighted by molar-refractivity contribution is 6.30. The average Bonchev–Trinajstić information content (AvgIpc) is 2.38. The molecule has 0 radical (unpaired) electrons. The zero-order chi connectivity index (χ0) is 13.8. The van der Waals surface area contributed by atoms with Gasteiger partial charge in [0.2, 0.25) is 0 Å². The highest BCUT2D eigenvalue weighted by Crippen LogP contribution is 2.18. The van der Waals surface area contributed by atoms with Gasteiger partial charge >= 0.3 is 11.9 Å². The Bertz CT molecular complexity index is 642. The fraction of sp³-hybridized carbons (Fsp3) is 0. The smallest absolute Gasteiger partial charge is 0.363 e. The van der Waals surface area contributed by atoms with Crippen molar-refractivity contribution in [1.29, 1.82) is 0 Å². The van der Waals surface area contributed by atoms with Gasteiger partial charge in [-0.25, -0.2) is 14.6 Å². The summed E-state index contributed by atoms with van der Waals surface area (Å²) in [5.74, 6) is -1.87. The molecule has 96 valence electrons. The molecule has 1 aromatic carbocycles. The Morgan fingerprint density at radius 3 is 2.68 bits per heavy atom. The van der Waals surface area contributed by atoms with E-state index >= 15 is 0 Å². The number of halogens is 1. The number of hydrogen-bond donors (Lipinski definition) is 1. The largest absolute Gasteiger partial charge is 0.478 e. The summed E-state index contributed by atoms with van der Waals surface area (Å²) < 4.78 is 5.02. The monoisotopic (exact) mass is 277 g/mol. The standard InChI is InChI=1S/C13H8ClNO4/c14-8-3-1-4-9(7-8)19-13(18)11-10(12(16)17)5-2-6-15-11/h1-7H,(H,16,17). The van der Waals surface area contributed by atoms with Crippen LogP contribution in [0.1, 0.15) is 20.8 Å². The molecule has 0 aliphatic carbocycles. The second kappa shape index (κ2) is 5.49. The zero-order valence-corrected chi connectivity index (χ0v) is 10.3. The van der Waals surface area contributed by atoms with Crippen LogP contribution in [0.5, 0.6) is 5.75 Å². The van der Waals surface area contributed by atoms with E-state index in [0.29, 0.717) is 5.02 Å².